The maximum absolute atomic E-state index is 7.00. The lowest BCUT2D eigenvalue weighted by Crippen LogP contribution is -2.17. The molecule has 0 aromatic carbocycles. The van der Waals surface area contributed by atoms with Crippen molar-refractivity contribution in [2.75, 3.05) is 13.6 Å². The molecule has 0 heterocycles. The summed E-state index contributed by atoms with van der Waals surface area (Å²) >= 11 is 0. The number of hydrogen-bond acceptors (Lipinski definition) is 2. The second-order valence-electron chi connectivity index (χ2n) is 2.03. The molecule has 0 rings (SSSR count). The van der Waals surface area contributed by atoms with E-state index in [0.717, 1.165) is 12.2 Å². The Bertz CT molecular complexity index is 147. The zero-order valence-corrected chi connectivity index (χ0v) is 6.59. The maximum atomic E-state index is 7.00. The highest BCUT2D eigenvalue weighted by Crippen LogP contribution is 1.95. The van der Waals surface area contributed by atoms with Crippen molar-refractivity contribution in [2.24, 2.45) is 0 Å². The molecule has 0 aliphatic heterocycles. The van der Waals surface area contributed by atoms with Gasteiger partial charge in [0.1, 0.15) is 0 Å². The quantitative estimate of drug-likeness (QED) is 0.464. The predicted molar refractivity (Wildman–Crippen MR) is 45.4 cm³/mol. The monoisotopic (exact) mass is 138 g/mol. The molecule has 0 fully saturated rings. The Morgan fingerprint density at radius 1 is 1.70 bits per heavy atom. The van der Waals surface area contributed by atoms with Gasteiger partial charge in [0.2, 0.25) is 0 Å². The summed E-state index contributed by atoms with van der Waals surface area (Å²) in [7, 11) is 1.93. The van der Waals surface area contributed by atoms with Crippen LogP contribution in [0.25, 0.3) is 0 Å². The van der Waals surface area contributed by atoms with Crippen LogP contribution in [0.1, 0.15) is 6.92 Å². The lowest BCUT2D eigenvalue weighted by molar-refractivity contribution is 0.489. The van der Waals surface area contributed by atoms with E-state index in [0.29, 0.717) is 0 Å². The van der Waals surface area contributed by atoms with Gasteiger partial charge < -0.3 is 10.3 Å². The summed E-state index contributed by atoms with van der Waals surface area (Å²) in [5, 5.41) is 7.00. The van der Waals surface area contributed by atoms with Gasteiger partial charge >= 0.3 is 0 Å². The van der Waals surface area contributed by atoms with Gasteiger partial charge in [0.25, 0.3) is 0 Å². The fourth-order valence-corrected chi connectivity index (χ4v) is 0.713. The molecule has 0 aliphatic rings. The van der Waals surface area contributed by atoms with Crippen molar-refractivity contribution < 1.29 is 0 Å². The number of nitrogens with one attached hydrogen (secondary N) is 1. The molecular weight excluding hydrogens is 124 g/mol. The molecule has 0 saturated carbocycles. The summed E-state index contributed by atoms with van der Waals surface area (Å²) in [6.07, 6.45) is 5.05. The maximum Gasteiger partial charge on any atom is 0.0501 e. The zero-order chi connectivity index (χ0) is 7.98. The van der Waals surface area contributed by atoms with Gasteiger partial charge in [-0.15, -0.1) is 6.58 Å². The van der Waals surface area contributed by atoms with Crippen LogP contribution in [0.15, 0.2) is 24.4 Å². The van der Waals surface area contributed by atoms with E-state index in [2.05, 4.69) is 6.58 Å². The zero-order valence-electron chi connectivity index (χ0n) is 6.59. The molecule has 0 radical (unpaired) electrons. The first-order valence-corrected chi connectivity index (χ1v) is 3.25. The molecule has 56 valence electrons. The molecule has 0 amide bonds. The standard InChI is InChI=1S/C8H14N2/c1-4-6-10(3)8(5-2)7-9/h4-5,7,9H,1,6H2,2-3H3. The highest BCUT2D eigenvalue weighted by atomic mass is 15.1. The predicted octanol–water partition coefficient (Wildman–Crippen LogP) is 1.66. The molecule has 0 aromatic rings. The molecule has 0 atom stereocenters. The third-order valence-electron chi connectivity index (χ3n) is 1.29. The van der Waals surface area contributed by atoms with Crippen molar-refractivity contribution in [2.45, 2.75) is 6.92 Å². The third-order valence-corrected chi connectivity index (χ3v) is 1.29. The summed E-state index contributed by atoms with van der Waals surface area (Å²) in [6.45, 7) is 6.31. The van der Waals surface area contributed by atoms with E-state index < -0.39 is 0 Å². The first-order chi connectivity index (χ1) is 4.76. The van der Waals surface area contributed by atoms with Crippen LogP contribution in [-0.4, -0.2) is 24.7 Å². The smallest absolute Gasteiger partial charge is 0.0501 e. The van der Waals surface area contributed by atoms with Gasteiger partial charge in [-0.2, -0.15) is 0 Å². The normalized spacial score (nSPS) is 10.8. The van der Waals surface area contributed by atoms with Crippen LogP contribution in [0.4, 0.5) is 0 Å². The first-order valence-electron chi connectivity index (χ1n) is 3.25. The molecule has 1 N–H and O–H groups in total. The van der Waals surface area contributed by atoms with Crippen LogP contribution in [0.5, 0.6) is 0 Å². The highest BCUT2D eigenvalue weighted by Gasteiger charge is 1.94. The van der Waals surface area contributed by atoms with Crippen molar-refractivity contribution in [3.8, 4) is 0 Å². The second kappa shape index (κ2) is 4.79. The molecule has 0 aliphatic carbocycles. The molecule has 0 unspecified atom stereocenters. The molecule has 10 heavy (non-hydrogen) atoms. The fraction of sp³-hybridized carbons (Fsp3) is 0.375. The van der Waals surface area contributed by atoms with Crippen molar-refractivity contribution in [3.63, 3.8) is 0 Å². The molecule has 0 spiro atoms. The van der Waals surface area contributed by atoms with Gasteiger partial charge in [-0.05, 0) is 6.92 Å². The van der Waals surface area contributed by atoms with E-state index in [4.69, 9.17) is 5.41 Å². The lowest BCUT2D eigenvalue weighted by Gasteiger charge is -2.16. The Morgan fingerprint density at radius 2 is 2.30 bits per heavy atom. The van der Waals surface area contributed by atoms with Crippen LogP contribution in [0, 0.1) is 5.41 Å². The van der Waals surface area contributed by atoms with Gasteiger partial charge in [-0.1, -0.05) is 12.2 Å². The van der Waals surface area contributed by atoms with E-state index in [1.54, 1.807) is 0 Å². The SMILES string of the molecule is C=CCN(C)C(C=N)=CC. The minimum absolute atomic E-state index is 0.787. The molecule has 2 heteroatoms. The fourth-order valence-electron chi connectivity index (χ4n) is 0.713. The number of likely N-dealkylation sites (N-methyl/N-ethyl adjacent to an activating group) is 1. The minimum atomic E-state index is 0.787. The Balaban J connectivity index is 4.01. The van der Waals surface area contributed by atoms with Crippen molar-refractivity contribution in [3.05, 3.63) is 24.4 Å². The van der Waals surface area contributed by atoms with Gasteiger partial charge in [-0.25, -0.2) is 0 Å². The van der Waals surface area contributed by atoms with Crippen LogP contribution < -0.4 is 0 Å². The summed E-state index contributed by atoms with van der Waals surface area (Å²) < 4.78 is 0. The van der Waals surface area contributed by atoms with E-state index in [9.17, 15) is 0 Å². The van der Waals surface area contributed by atoms with Crippen molar-refractivity contribution >= 4 is 6.21 Å². The summed E-state index contributed by atoms with van der Waals surface area (Å²) in [4.78, 5) is 1.96. The van der Waals surface area contributed by atoms with Gasteiger partial charge in [0.05, 0.1) is 5.70 Å². The summed E-state index contributed by atoms with van der Waals surface area (Å²) in [5.74, 6) is 0. The molecular formula is C8H14N2. The summed E-state index contributed by atoms with van der Waals surface area (Å²) in [6, 6.07) is 0. The van der Waals surface area contributed by atoms with E-state index in [1.165, 1.54) is 6.21 Å². The highest BCUT2D eigenvalue weighted by molar-refractivity contribution is 5.74. The van der Waals surface area contributed by atoms with Crippen molar-refractivity contribution in [1.82, 2.24) is 4.90 Å². The Labute approximate surface area is 62.4 Å². The van der Waals surface area contributed by atoms with Gasteiger partial charge in [-0.3, -0.25) is 0 Å². The Hall–Kier alpha value is -1.05. The van der Waals surface area contributed by atoms with Gasteiger partial charge in [0.15, 0.2) is 0 Å². The van der Waals surface area contributed by atoms with Crippen LogP contribution in [0.2, 0.25) is 0 Å². The summed E-state index contributed by atoms with van der Waals surface area (Å²) in [5.41, 5.74) is 0.917. The van der Waals surface area contributed by atoms with Crippen LogP contribution in [0.3, 0.4) is 0 Å². The largest absolute Gasteiger partial charge is 0.370 e. The Morgan fingerprint density at radius 3 is 2.60 bits per heavy atom. The topological polar surface area (TPSA) is 27.1 Å². The molecule has 0 aromatic heterocycles. The lowest BCUT2D eigenvalue weighted by atomic mass is 10.4. The number of nitrogens with zero attached hydrogens (tertiary/aromatic N) is 1. The Kier molecular flexibility index (Phi) is 4.29. The molecule has 0 saturated heterocycles. The first kappa shape index (κ1) is 8.95. The van der Waals surface area contributed by atoms with Gasteiger partial charge in [0, 0.05) is 19.8 Å². The number of hydrogen-bond donors (Lipinski definition) is 1. The second-order valence-corrected chi connectivity index (χ2v) is 2.03. The van der Waals surface area contributed by atoms with E-state index in [1.807, 2.05) is 31.0 Å². The molecule has 2 nitrogen and oxygen atoms in total. The number of allylic oxidation sites excluding steroid dienone is 2. The van der Waals surface area contributed by atoms with E-state index >= 15 is 0 Å². The average molecular weight is 138 g/mol. The minimum Gasteiger partial charge on any atom is -0.370 e. The molecule has 0 bridgehead atoms. The van der Waals surface area contributed by atoms with Crippen LogP contribution >= 0.6 is 0 Å². The van der Waals surface area contributed by atoms with Crippen molar-refractivity contribution in [1.29, 1.82) is 5.41 Å². The van der Waals surface area contributed by atoms with Crippen LogP contribution in [-0.2, 0) is 0 Å². The average Bonchev–Trinajstić information content (AvgIpc) is 1.91. The third kappa shape index (κ3) is 2.49. The van der Waals surface area contributed by atoms with E-state index in [-0.39, 0.29) is 0 Å². The number of rotatable bonds is 4.